The fourth-order valence-corrected chi connectivity index (χ4v) is 4.04. The highest BCUT2D eigenvalue weighted by Gasteiger charge is 2.46. The maximum Gasteiger partial charge on any atom is 0.296 e. The Kier molecular flexibility index (Phi) is 6.63. The van der Waals surface area contributed by atoms with Crippen molar-refractivity contribution in [1.82, 2.24) is 9.88 Å². The van der Waals surface area contributed by atoms with E-state index in [2.05, 4.69) is 4.98 Å². The lowest BCUT2D eigenvalue weighted by molar-refractivity contribution is -0.140. The van der Waals surface area contributed by atoms with E-state index in [4.69, 9.17) is 4.74 Å². The number of amides is 1. The SMILES string of the molecule is CCOc1ccc(/C(O)=C2/C(=O)C(=O)N(Cc3ccccn3)C2c2ccc(N(C)C)cc2)cc1. The van der Waals surface area contributed by atoms with E-state index in [0.29, 0.717) is 23.6 Å². The average Bonchev–Trinajstić information content (AvgIpc) is 3.10. The van der Waals surface area contributed by atoms with Gasteiger partial charge in [0.15, 0.2) is 0 Å². The first kappa shape index (κ1) is 23.0. The molecule has 1 saturated heterocycles. The van der Waals surface area contributed by atoms with Crippen LogP contribution in [0.2, 0.25) is 0 Å². The van der Waals surface area contributed by atoms with Crippen LogP contribution in [-0.2, 0) is 16.1 Å². The van der Waals surface area contributed by atoms with Crippen molar-refractivity contribution in [3.63, 3.8) is 0 Å². The lowest BCUT2D eigenvalue weighted by atomic mass is 9.95. The molecule has 1 amide bonds. The Balaban J connectivity index is 1.81. The molecule has 174 valence electrons. The zero-order valence-electron chi connectivity index (χ0n) is 19.4. The molecule has 0 aliphatic carbocycles. The summed E-state index contributed by atoms with van der Waals surface area (Å²) >= 11 is 0. The molecule has 2 aromatic carbocycles. The highest BCUT2D eigenvalue weighted by Crippen LogP contribution is 2.40. The van der Waals surface area contributed by atoms with Crippen LogP contribution >= 0.6 is 0 Å². The van der Waals surface area contributed by atoms with Crippen LogP contribution in [0.3, 0.4) is 0 Å². The van der Waals surface area contributed by atoms with E-state index in [0.717, 1.165) is 11.3 Å². The van der Waals surface area contributed by atoms with Gasteiger partial charge >= 0.3 is 0 Å². The molecule has 1 aliphatic rings. The van der Waals surface area contributed by atoms with Gasteiger partial charge in [-0.3, -0.25) is 14.6 Å². The highest BCUT2D eigenvalue weighted by molar-refractivity contribution is 6.46. The standard InChI is InChI=1S/C27H27N3O4/c1-4-34-22-14-10-19(11-15-22)25(31)23-24(18-8-12-21(13-9-18)29(2)3)30(27(33)26(23)32)17-20-7-5-6-16-28-20/h5-16,24,31H,4,17H2,1-3H3/b25-23-. The fourth-order valence-electron chi connectivity index (χ4n) is 4.04. The predicted molar refractivity (Wildman–Crippen MR) is 130 cm³/mol. The molecular formula is C27H27N3O4. The molecular weight excluding hydrogens is 430 g/mol. The molecule has 1 atom stereocenters. The summed E-state index contributed by atoms with van der Waals surface area (Å²) < 4.78 is 5.47. The first-order chi connectivity index (χ1) is 16.4. The molecule has 0 spiro atoms. The third kappa shape index (κ3) is 4.50. The monoisotopic (exact) mass is 457 g/mol. The van der Waals surface area contributed by atoms with Gasteiger partial charge in [-0.05, 0) is 61.0 Å². The molecule has 3 aromatic rings. The maximum atomic E-state index is 13.2. The van der Waals surface area contributed by atoms with Crippen molar-refractivity contribution < 1.29 is 19.4 Å². The number of anilines is 1. The number of nitrogens with zero attached hydrogens (tertiary/aromatic N) is 3. The van der Waals surface area contributed by atoms with Crippen molar-refractivity contribution in [3.05, 3.63) is 95.3 Å². The summed E-state index contributed by atoms with van der Waals surface area (Å²) in [5, 5.41) is 11.2. The maximum absolute atomic E-state index is 13.2. The number of rotatable bonds is 7. The highest BCUT2D eigenvalue weighted by atomic mass is 16.5. The van der Waals surface area contributed by atoms with Crippen LogP contribution in [0.25, 0.3) is 5.76 Å². The van der Waals surface area contributed by atoms with Gasteiger partial charge in [-0.1, -0.05) is 18.2 Å². The first-order valence-electron chi connectivity index (χ1n) is 11.1. The number of Topliss-reactive ketones (excluding diaryl/α,β-unsaturated/α-hetero) is 1. The van der Waals surface area contributed by atoms with Crippen LogP contribution in [0, 0.1) is 0 Å². The number of benzene rings is 2. The van der Waals surface area contributed by atoms with E-state index in [1.165, 1.54) is 4.90 Å². The zero-order chi connectivity index (χ0) is 24.2. The van der Waals surface area contributed by atoms with Gasteiger partial charge in [-0.15, -0.1) is 0 Å². The lowest BCUT2D eigenvalue weighted by Crippen LogP contribution is -2.29. The van der Waals surface area contributed by atoms with Crippen molar-refractivity contribution in [2.24, 2.45) is 0 Å². The van der Waals surface area contributed by atoms with Gasteiger partial charge in [0.05, 0.1) is 30.5 Å². The molecule has 2 heterocycles. The summed E-state index contributed by atoms with van der Waals surface area (Å²) in [6.07, 6.45) is 1.65. The Morgan fingerprint density at radius 1 is 1.03 bits per heavy atom. The largest absolute Gasteiger partial charge is 0.507 e. The summed E-state index contributed by atoms with van der Waals surface area (Å²) in [7, 11) is 3.88. The Labute approximate surface area is 198 Å². The van der Waals surface area contributed by atoms with Gasteiger partial charge in [0, 0.05) is 31.5 Å². The predicted octanol–water partition coefficient (Wildman–Crippen LogP) is 4.17. The van der Waals surface area contributed by atoms with Crippen molar-refractivity contribution in [3.8, 4) is 5.75 Å². The van der Waals surface area contributed by atoms with Crippen LogP contribution < -0.4 is 9.64 Å². The molecule has 1 unspecified atom stereocenters. The Morgan fingerprint density at radius 3 is 2.32 bits per heavy atom. The zero-order valence-corrected chi connectivity index (χ0v) is 19.4. The average molecular weight is 458 g/mol. The number of carbonyl (C=O) groups is 2. The lowest BCUT2D eigenvalue weighted by Gasteiger charge is -2.25. The van der Waals surface area contributed by atoms with E-state index in [-0.39, 0.29) is 17.9 Å². The second-order valence-electron chi connectivity index (χ2n) is 8.19. The second kappa shape index (κ2) is 9.79. The molecule has 1 aromatic heterocycles. The number of pyridine rings is 1. The van der Waals surface area contributed by atoms with Gasteiger partial charge in [-0.25, -0.2) is 0 Å². The van der Waals surface area contributed by atoms with Gasteiger partial charge in [0.1, 0.15) is 11.5 Å². The number of aliphatic hydroxyl groups is 1. The summed E-state index contributed by atoms with van der Waals surface area (Å²) in [5.41, 5.74) is 2.86. The molecule has 1 aliphatic heterocycles. The molecule has 7 nitrogen and oxygen atoms in total. The Bertz CT molecular complexity index is 1200. The molecule has 0 saturated carbocycles. The van der Waals surface area contributed by atoms with E-state index >= 15 is 0 Å². The summed E-state index contributed by atoms with van der Waals surface area (Å²) in [5.74, 6) is -0.944. The van der Waals surface area contributed by atoms with Crippen molar-refractivity contribution in [1.29, 1.82) is 0 Å². The van der Waals surface area contributed by atoms with E-state index in [1.54, 1.807) is 42.6 Å². The summed E-state index contributed by atoms with van der Waals surface area (Å²) in [6.45, 7) is 2.55. The van der Waals surface area contributed by atoms with Gasteiger partial charge in [0.2, 0.25) is 0 Å². The Morgan fingerprint density at radius 2 is 1.74 bits per heavy atom. The van der Waals surface area contributed by atoms with E-state index < -0.39 is 17.7 Å². The summed E-state index contributed by atoms with van der Waals surface area (Å²) in [6, 6.07) is 19.1. The van der Waals surface area contributed by atoms with E-state index in [9.17, 15) is 14.7 Å². The van der Waals surface area contributed by atoms with Crippen molar-refractivity contribution >= 4 is 23.1 Å². The Hall–Kier alpha value is -4.13. The smallest absolute Gasteiger partial charge is 0.296 e. The van der Waals surface area contributed by atoms with Crippen LogP contribution in [0.1, 0.15) is 29.8 Å². The number of hydrogen-bond acceptors (Lipinski definition) is 6. The van der Waals surface area contributed by atoms with Gasteiger partial charge in [0.25, 0.3) is 11.7 Å². The molecule has 1 N–H and O–H groups in total. The minimum atomic E-state index is -0.746. The van der Waals surface area contributed by atoms with Gasteiger partial charge in [-0.2, -0.15) is 0 Å². The van der Waals surface area contributed by atoms with Crippen molar-refractivity contribution in [2.45, 2.75) is 19.5 Å². The molecule has 7 heteroatoms. The minimum absolute atomic E-state index is 0.0581. The molecule has 0 bridgehead atoms. The van der Waals surface area contributed by atoms with Gasteiger partial charge < -0.3 is 19.6 Å². The fraction of sp³-hybridized carbons (Fsp3) is 0.222. The normalized spacial score (nSPS) is 17.1. The quantitative estimate of drug-likeness (QED) is 0.326. The number of aromatic nitrogens is 1. The second-order valence-corrected chi connectivity index (χ2v) is 8.19. The van der Waals surface area contributed by atoms with Crippen LogP contribution in [0.4, 0.5) is 5.69 Å². The van der Waals surface area contributed by atoms with Crippen LogP contribution in [-0.4, -0.2) is 47.4 Å². The number of ether oxygens (including phenoxy) is 1. The minimum Gasteiger partial charge on any atom is -0.507 e. The number of carbonyl (C=O) groups excluding carboxylic acids is 2. The van der Waals surface area contributed by atoms with Crippen LogP contribution in [0.15, 0.2) is 78.5 Å². The van der Waals surface area contributed by atoms with E-state index in [1.807, 2.05) is 56.3 Å². The topological polar surface area (TPSA) is 83.0 Å². The number of likely N-dealkylation sites (tertiary alicyclic amines) is 1. The number of ketones is 1. The molecule has 4 rings (SSSR count). The molecule has 1 fully saturated rings. The van der Waals surface area contributed by atoms with Crippen LogP contribution in [0.5, 0.6) is 5.75 Å². The third-order valence-electron chi connectivity index (χ3n) is 5.76. The van der Waals surface area contributed by atoms with Crippen molar-refractivity contribution in [2.75, 3.05) is 25.6 Å². The number of aliphatic hydroxyl groups excluding tert-OH is 1. The molecule has 34 heavy (non-hydrogen) atoms. The first-order valence-corrected chi connectivity index (χ1v) is 11.1. The number of hydrogen-bond donors (Lipinski definition) is 1. The summed E-state index contributed by atoms with van der Waals surface area (Å²) in [4.78, 5) is 34.1. The molecule has 0 radical (unpaired) electrons. The third-order valence-corrected chi connectivity index (χ3v) is 5.76.